The van der Waals surface area contributed by atoms with Crippen molar-refractivity contribution in [1.29, 1.82) is 0 Å². The minimum absolute atomic E-state index is 0.00846. The molecule has 1 atom stereocenters. The summed E-state index contributed by atoms with van der Waals surface area (Å²) in [4.78, 5) is 21.8. The van der Waals surface area contributed by atoms with Crippen LogP contribution < -0.4 is 9.47 Å². The summed E-state index contributed by atoms with van der Waals surface area (Å²) in [7, 11) is 0. The van der Waals surface area contributed by atoms with Crippen LogP contribution in [-0.2, 0) is 11.3 Å². The number of hydrogen-bond donors (Lipinski definition) is 0. The third-order valence-corrected chi connectivity index (χ3v) is 6.19. The molecule has 1 amide bonds. The van der Waals surface area contributed by atoms with Crippen molar-refractivity contribution >= 4 is 27.5 Å². The number of hydrogen-bond acceptors (Lipinski definition) is 6. The number of amides is 1. The number of piperazine rings is 1. The first-order valence-corrected chi connectivity index (χ1v) is 10.3. The Bertz CT molecular complexity index is 964. The van der Waals surface area contributed by atoms with Crippen LogP contribution in [0.25, 0.3) is 10.2 Å². The average molecular weight is 395 g/mol. The summed E-state index contributed by atoms with van der Waals surface area (Å²) in [6.45, 7) is 4.17. The number of fused-ring (bicyclic) bond motifs is 2. The highest BCUT2D eigenvalue weighted by molar-refractivity contribution is 7.18. The largest absolute Gasteiger partial charge is 0.485 e. The lowest BCUT2D eigenvalue weighted by atomic mass is 10.2. The number of benzene rings is 2. The van der Waals surface area contributed by atoms with Gasteiger partial charge in [0.1, 0.15) is 11.6 Å². The van der Waals surface area contributed by atoms with Crippen molar-refractivity contribution in [1.82, 2.24) is 14.8 Å². The van der Waals surface area contributed by atoms with Crippen molar-refractivity contribution in [3.8, 4) is 11.5 Å². The van der Waals surface area contributed by atoms with Crippen molar-refractivity contribution in [3.05, 3.63) is 53.5 Å². The normalized spacial score (nSPS) is 19.7. The van der Waals surface area contributed by atoms with Gasteiger partial charge in [-0.05, 0) is 24.3 Å². The van der Waals surface area contributed by atoms with Crippen LogP contribution in [-0.4, -0.2) is 59.6 Å². The fourth-order valence-corrected chi connectivity index (χ4v) is 4.66. The highest BCUT2D eigenvalue weighted by atomic mass is 32.1. The molecule has 7 heteroatoms. The fraction of sp³-hybridized carbons (Fsp3) is 0.333. The molecule has 0 saturated carbocycles. The average Bonchev–Trinajstić information content (AvgIpc) is 3.16. The molecule has 0 spiro atoms. The Morgan fingerprint density at radius 1 is 1.04 bits per heavy atom. The quantitative estimate of drug-likeness (QED) is 0.683. The standard InChI is InChI=1S/C21H21N3O3S/c25-21(18-14-26-16-6-2-3-7-17(16)27-18)24-11-9-23(10-12-24)13-20-22-15-5-1-4-8-19(15)28-20/h1-8,18H,9-14H2. The first-order valence-electron chi connectivity index (χ1n) is 9.50. The van der Waals surface area contributed by atoms with Crippen LogP contribution in [0.15, 0.2) is 48.5 Å². The van der Waals surface area contributed by atoms with E-state index < -0.39 is 6.10 Å². The van der Waals surface area contributed by atoms with Gasteiger partial charge in [0.25, 0.3) is 5.91 Å². The first-order chi connectivity index (χ1) is 13.8. The summed E-state index contributed by atoms with van der Waals surface area (Å²) >= 11 is 1.74. The van der Waals surface area contributed by atoms with Gasteiger partial charge in [0.05, 0.1) is 16.8 Å². The Morgan fingerprint density at radius 3 is 2.61 bits per heavy atom. The molecular weight excluding hydrogens is 374 g/mol. The summed E-state index contributed by atoms with van der Waals surface area (Å²) in [6.07, 6.45) is -0.564. The van der Waals surface area contributed by atoms with Gasteiger partial charge in [-0.3, -0.25) is 9.69 Å². The van der Waals surface area contributed by atoms with Crippen LogP contribution in [0, 0.1) is 0 Å². The number of para-hydroxylation sites is 3. The van der Waals surface area contributed by atoms with Crippen molar-refractivity contribution in [3.63, 3.8) is 0 Å². The van der Waals surface area contributed by atoms with Crippen molar-refractivity contribution in [2.75, 3.05) is 32.8 Å². The van der Waals surface area contributed by atoms with E-state index in [1.54, 1.807) is 11.3 Å². The molecule has 3 heterocycles. The molecule has 0 bridgehead atoms. The van der Waals surface area contributed by atoms with Crippen LogP contribution in [0.2, 0.25) is 0 Å². The smallest absolute Gasteiger partial charge is 0.267 e. The molecule has 2 aromatic carbocycles. The van der Waals surface area contributed by atoms with Gasteiger partial charge in [-0.2, -0.15) is 0 Å². The van der Waals surface area contributed by atoms with Crippen LogP contribution in [0.1, 0.15) is 5.01 Å². The van der Waals surface area contributed by atoms with Crippen molar-refractivity contribution in [2.24, 2.45) is 0 Å². The maximum absolute atomic E-state index is 12.8. The lowest BCUT2D eigenvalue weighted by Crippen LogP contribution is -2.53. The molecule has 0 N–H and O–H groups in total. The van der Waals surface area contributed by atoms with Gasteiger partial charge in [0, 0.05) is 26.2 Å². The highest BCUT2D eigenvalue weighted by Crippen LogP contribution is 2.31. The van der Waals surface area contributed by atoms with Gasteiger partial charge in [0.15, 0.2) is 11.5 Å². The zero-order chi connectivity index (χ0) is 18.9. The third-order valence-electron chi connectivity index (χ3n) is 5.17. The molecule has 2 aliphatic heterocycles. The molecular formula is C21H21N3O3S. The Labute approximate surface area is 167 Å². The minimum atomic E-state index is -0.564. The van der Waals surface area contributed by atoms with E-state index in [1.807, 2.05) is 41.3 Å². The van der Waals surface area contributed by atoms with E-state index in [0.717, 1.165) is 30.2 Å². The predicted molar refractivity (Wildman–Crippen MR) is 108 cm³/mol. The summed E-state index contributed by atoms with van der Waals surface area (Å²) in [6, 6.07) is 15.7. The summed E-state index contributed by atoms with van der Waals surface area (Å²) in [5, 5.41) is 1.13. The van der Waals surface area contributed by atoms with Gasteiger partial charge >= 0.3 is 0 Å². The molecule has 1 unspecified atom stereocenters. The number of thiazole rings is 1. The monoisotopic (exact) mass is 395 g/mol. The van der Waals surface area contributed by atoms with Crippen molar-refractivity contribution < 1.29 is 14.3 Å². The number of nitrogens with zero attached hydrogens (tertiary/aromatic N) is 3. The summed E-state index contributed by atoms with van der Waals surface area (Å²) in [5.74, 6) is 1.35. The summed E-state index contributed by atoms with van der Waals surface area (Å²) < 4.78 is 12.8. The highest BCUT2D eigenvalue weighted by Gasteiger charge is 2.32. The van der Waals surface area contributed by atoms with Gasteiger partial charge in [0.2, 0.25) is 6.10 Å². The zero-order valence-electron chi connectivity index (χ0n) is 15.4. The van der Waals surface area contributed by atoms with E-state index in [4.69, 9.17) is 14.5 Å². The number of rotatable bonds is 3. The third kappa shape index (κ3) is 3.43. The molecule has 2 aliphatic rings. The molecule has 3 aromatic rings. The van der Waals surface area contributed by atoms with Gasteiger partial charge in [-0.1, -0.05) is 24.3 Å². The Balaban J connectivity index is 1.17. The minimum Gasteiger partial charge on any atom is -0.485 e. The van der Waals surface area contributed by atoms with Crippen LogP contribution >= 0.6 is 11.3 Å². The number of carbonyl (C=O) groups is 1. The lowest BCUT2D eigenvalue weighted by Gasteiger charge is -2.36. The predicted octanol–water partition coefficient (Wildman–Crippen LogP) is 2.78. The molecule has 0 radical (unpaired) electrons. The maximum Gasteiger partial charge on any atom is 0.267 e. The Kier molecular flexibility index (Phi) is 4.62. The molecule has 1 aromatic heterocycles. The molecule has 144 valence electrons. The molecule has 6 nitrogen and oxygen atoms in total. The van der Waals surface area contributed by atoms with E-state index in [0.29, 0.717) is 24.6 Å². The van der Waals surface area contributed by atoms with Gasteiger partial charge < -0.3 is 14.4 Å². The maximum atomic E-state index is 12.8. The second kappa shape index (κ2) is 7.41. The van der Waals surface area contributed by atoms with E-state index in [9.17, 15) is 4.79 Å². The lowest BCUT2D eigenvalue weighted by molar-refractivity contribution is -0.143. The zero-order valence-corrected chi connectivity index (χ0v) is 16.2. The first kappa shape index (κ1) is 17.5. The van der Waals surface area contributed by atoms with E-state index in [2.05, 4.69) is 17.0 Å². The van der Waals surface area contributed by atoms with Crippen LogP contribution in [0.5, 0.6) is 11.5 Å². The van der Waals surface area contributed by atoms with E-state index in [-0.39, 0.29) is 12.5 Å². The molecule has 28 heavy (non-hydrogen) atoms. The Morgan fingerprint density at radius 2 is 1.79 bits per heavy atom. The van der Waals surface area contributed by atoms with Crippen molar-refractivity contribution in [2.45, 2.75) is 12.6 Å². The topological polar surface area (TPSA) is 54.9 Å². The van der Waals surface area contributed by atoms with E-state index >= 15 is 0 Å². The molecule has 1 fully saturated rings. The van der Waals surface area contributed by atoms with Crippen LogP contribution in [0.4, 0.5) is 0 Å². The SMILES string of the molecule is O=C(C1COc2ccccc2O1)N1CCN(Cc2nc3ccccc3s2)CC1. The molecule has 5 rings (SSSR count). The Hall–Kier alpha value is -2.64. The second-order valence-electron chi connectivity index (χ2n) is 7.04. The molecule has 1 saturated heterocycles. The second-order valence-corrected chi connectivity index (χ2v) is 8.16. The van der Waals surface area contributed by atoms with Gasteiger partial charge in [-0.15, -0.1) is 11.3 Å². The number of ether oxygens (including phenoxy) is 2. The van der Waals surface area contributed by atoms with Gasteiger partial charge in [-0.25, -0.2) is 4.98 Å². The van der Waals surface area contributed by atoms with Crippen LogP contribution in [0.3, 0.4) is 0 Å². The number of carbonyl (C=O) groups excluding carboxylic acids is 1. The molecule has 0 aliphatic carbocycles. The van der Waals surface area contributed by atoms with E-state index in [1.165, 1.54) is 4.70 Å². The number of aromatic nitrogens is 1. The summed E-state index contributed by atoms with van der Waals surface area (Å²) in [5.41, 5.74) is 1.06. The fourth-order valence-electron chi connectivity index (χ4n) is 3.65.